The Hall–Kier alpha value is -0.100. The molecule has 0 radical (unpaired) electrons. The van der Waals surface area contributed by atoms with Gasteiger partial charge in [-0.1, -0.05) is 13.3 Å². The molecule has 1 atom stereocenters. The van der Waals surface area contributed by atoms with Crippen LogP contribution in [0.25, 0.3) is 0 Å². The van der Waals surface area contributed by atoms with Crippen LogP contribution in [-0.4, -0.2) is 23.9 Å². The summed E-state index contributed by atoms with van der Waals surface area (Å²) in [6.45, 7) is 4.01. The van der Waals surface area contributed by atoms with Crippen LogP contribution in [0.3, 0.4) is 0 Å². The number of amides is 1. The van der Waals surface area contributed by atoms with Crippen molar-refractivity contribution in [2.45, 2.75) is 26.2 Å². The molecular formula is C14H17BrINO. The van der Waals surface area contributed by atoms with Crippen molar-refractivity contribution in [2.75, 3.05) is 13.1 Å². The second kappa shape index (κ2) is 6.37. The molecule has 0 spiro atoms. The van der Waals surface area contributed by atoms with Gasteiger partial charge in [0.15, 0.2) is 0 Å². The van der Waals surface area contributed by atoms with Gasteiger partial charge < -0.3 is 4.90 Å². The predicted molar refractivity (Wildman–Crippen MR) is 85.8 cm³/mol. The molecular weight excluding hydrogens is 405 g/mol. The van der Waals surface area contributed by atoms with E-state index in [9.17, 15) is 4.79 Å². The molecule has 0 N–H and O–H groups in total. The summed E-state index contributed by atoms with van der Waals surface area (Å²) in [5.74, 6) is 0.836. The third kappa shape index (κ3) is 3.26. The van der Waals surface area contributed by atoms with E-state index in [1.807, 2.05) is 23.1 Å². The van der Waals surface area contributed by atoms with Crippen LogP contribution in [0.1, 0.15) is 36.5 Å². The van der Waals surface area contributed by atoms with E-state index in [1.54, 1.807) is 0 Å². The summed E-state index contributed by atoms with van der Waals surface area (Å²) >= 11 is 5.73. The summed E-state index contributed by atoms with van der Waals surface area (Å²) in [6, 6.07) is 5.92. The minimum absolute atomic E-state index is 0.165. The number of hydrogen-bond donors (Lipinski definition) is 0. The Labute approximate surface area is 130 Å². The van der Waals surface area contributed by atoms with E-state index in [4.69, 9.17) is 0 Å². The Bertz CT molecular complexity index is 449. The quantitative estimate of drug-likeness (QED) is 0.651. The zero-order chi connectivity index (χ0) is 13.1. The van der Waals surface area contributed by atoms with Gasteiger partial charge >= 0.3 is 0 Å². The second-order valence-corrected chi connectivity index (χ2v) is 6.89. The molecule has 1 aliphatic heterocycles. The highest BCUT2D eigenvalue weighted by molar-refractivity contribution is 14.1. The fourth-order valence-electron chi connectivity index (χ4n) is 2.41. The number of rotatable bonds is 2. The molecule has 0 bridgehead atoms. The number of carbonyl (C=O) groups excluding carboxylic acids is 1. The molecule has 2 rings (SSSR count). The maximum Gasteiger partial charge on any atom is 0.255 e. The molecule has 2 nitrogen and oxygen atoms in total. The predicted octanol–water partition coefficient (Wildman–Crippen LogP) is 4.32. The van der Waals surface area contributed by atoms with Crippen LogP contribution < -0.4 is 0 Å². The molecule has 0 aliphatic carbocycles. The van der Waals surface area contributed by atoms with E-state index < -0.39 is 0 Å². The lowest BCUT2D eigenvalue weighted by molar-refractivity contribution is 0.0670. The Morgan fingerprint density at radius 1 is 1.56 bits per heavy atom. The highest BCUT2D eigenvalue weighted by atomic mass is 127. The number of carbonyl (C=O) groups is 1. The molecule has 1 saturated heterocycles. The Balaban J connectivity index is 2.17. The van der Waals surface area contributed by atoms with Gasteiger partial charge in [-0.25, -0.2) is 0 Å². The summed E-state index contributed by atoms with van der Waals surface area (Å²) < 4.78 is 2.00. The van der Waals surface area contributed by atoms with Crippen LogP contribution in [0.5, 0.6) is 0 Å². The van der Waals surface area contributed by atoms with E-state index >= 15 is 0 Å². The van der Waals surface area contributed by atoms with Crippen LogP contribution in [0.15, 0.2) is 22.7 Å². The number of piperidine rings is 1. The molecule has 1 aromatic carbocycles. The smallest absolute Gasteiger partial charge is 0.255 e. The first-order valence-corrected chi connectivity index (χ1v) is 8.23. The van der Waals surface area contributed by atoms with E-state index in [2.05, 4.69) is 45.4 Å². The maximum absolute atomic E-state index is 12.5. The first kappa shape index (κ1) is 14.3. The zero-order valence-corrected chi connectivity index (χ0v) is 14.2. The fourth-order valence-corrected chi connectivity index (χ4v) is 3.32. The molecule has 1 fully saturated rings. The lowest BCUT2D eigenvalue weighted by Crippen LogP contribution is -2.39. The van der Waals surface area contributed by atoms with E-state index in [0.29, 0.717) is 5.92 Å². The summed E-state index contributed by atoms with van der Waals surface area (Å²) in [4.78, 5) is 14.5. The van der Waals surface area contributed by atoms with Crippen LogP contribution in [0, 0.1) is 9.49 Å². The maximum atomic E-state index is 12.5. The van der Waals surface area contributed by atoms with Crippen LogP contribution in [-0.2, 0) is 0 Å². The van der Waals surface area contributed by atoms with Crippen molar-refractivity contribution in [3.8, 4) is 0 Å². The topological polar surface area (TPSA) is 20.3 Å². The number of hydrogen-bond acceptors (Lipinski definition) is 1. The van der Waals surface area contributed by atoms with Gasteiger partial charge in [0.1, 0.15) is 0 Å². The Kier molecular flexibility index (Phi) is 5.06. The fraction of sp³-hybridized carbons (Fsp3) is 0.500. The highest BCUT2D eigenvalue weighted by Crippen LogP contribution is 2.25. The number of benzene rings is 1. The van der Waals surface area contributed by atoms with Crippen molar-refractivity contribution >= 4 is 44.4 Å². The molecule has 98 valence electrons. The summed E-state index contributed by atoms with van der Waals surface area (Å²) in [6.07, 6.45) is 3.55. The minimum Gasteiger partial charge on any atom is -0.338 e. The molecule has 1 amide bonds. The third-order valence-corrected chi connectivity index (χ3v) is 4.90. The Morgan fingerprint density at radius 3 is 3.06 bits per heavy atom. The van der Waals surface area contributed by atoms with Crippen molar-refractivity contribution in [1.29, 1.82) is 0 Å². The van der Waals surface area contributed by atoms with Crippen molar-refractivity contribution < 1.29 is 4.79 Å². The van der Waals surface area contributed by atoms with Gasteiger partial charge in [-0.05, 0) is 75.5 Å². The molecule has 0 saturated carbocycles. The molecule has 1 heterocycles. The first-order valence-electron chi connectivity index (χ1n) is 6.36. The van der Waals surface area contributed by atoms with Crippen molar-refractivity contribution in [2.24, 2.45) is 5.92 Å². The first-order chi connectivity index (χ1) is 8.61. The summed E-state index contributed by atoms with van der Waals surface area (Å²) in [5, 5.41) is 0. The molecule has 1 aliphatic rings. The summed E-state index contributed by atoms with van der Waals surface area (Å²) in [7, 11) is 0. The Morgan fingerprint density at radius 2 is 2.33 bits per heavy atom. The average molecular weight is 422 g/mol. The largest absolute Gasteiger partial charge is 0.338 e. The van der Waals surface area contributed by atoms with Gasteiger partial charge in [-0.15, -0.1) is 0 Å². The minimum atomic E-state index is 0.165. The van der Waals surface area contributed by atoms with Gasteiger partial charge in [0, 0.05) is 21.1 Å². The van der Waals surface area contributed by atoms with Gasteiger partial charge in [0.25, 0.3) is 5.91 Å². The van der Waals surface area contributed by atoms with Gasteiger partial charge in [0.2, 0.25) is 0 Å². The molecule has 4 heteroatoms. The van der Waals surface area contributed by atoms with E-state index in [-0.39, 0.29) is 5.91 Å². The number of nitrogens with zero attached hydrogens (tertiary/aromatic N) is 1. The van der Waals surface area contributed by atoms with Gasteiger partial charge in [-0.3, -0.25) is 4.79 Å². The van der Waals surface area contributed by atoms with Crippen molar-refractivity contribution in [1.82, 2.24) is 4.90 Å². The highest BCUT2D eigenvalue weighted by Gasteiger charge is 2.24. The molecule has 1 aromatic rings. The van der Waals surface area contributed by atoms with E-state index in [0.717, 1.165) is 39.5 Å². The number of halogens is 2. The SMILES string of the molecule is CCC1CCCN(C(=O)c2cc(I)ccc2Br)C1. The lowest BCUT2D eigenvalue weighted by atomic mass is 9.95. The zero-order valence-electron chi connectivity index (χ0n) is 10.5. The van der Waals surface area contributed by atoms with Crippen molar-refractivity contribution in [3.05, 3.63) is 31.8 Å². The average Bonchev–Trinajstić information content (AvgIpc) is 2.41. The molecule has 0 aromatic heterocycles. The van der Waals surface area contributed by atoms with Crippen LogP contribution in [0.4, 0.5) is 0 Å². The molecule has 18 heavy (non-hydrogen) atoms. The molecule has 1 unspecified atom stereocenters. The third-order valence-electron chi connectivity index (χ3n) is 3.54. The monoisotopic (exact) mass is 421 g/mol. The van der Waals surface area contributed by atoms with Gasteiger partial charge in [-0.2, -0.15) is 0 Å². The standard InChI is InChI=1S/C14H17BrINO/c1-2-10-4-3-7-17(9-10)14(18)12-8-11(16)5-6-13(12)15/h5-6,8,10H,2-4,7,9H2,1H3. The van der Waals surface area contributed by atoms with Crippen LogP contribution >= 0.6 is 38.5 Å². The second-order valence-electron chi connectivity index (χ2n) is 4.79. The van der Waals surface area contributed by atoms with Gasteiger partial charge in [0.05, 0.1) is 5.56 Å². The summed E-state index contributed by atoms with van der Waals surface area (Å²) in [5.41, 5.74) is 0.790. The van der Waals surface area contributed by atoms with Crippen LogP contribution in [0.2, 0.25) is 0 Å². The normalized spacial score (nSPS) is 19.9. The number of likely N-dealkylation sites (tertiary alicyclic amines) is 1. The van der Waals surface area contributed by atoms with Crippen molar-refractivity contribution in [3.63, 3.8) is 0 Å². The van der Waals surface area contributed by atoms with E-state index in [1.165, 1.54) is 6.42 Å². The lowest BCUT2D eigenvalue weighted by Gasteiger charge is -2.32.